The molecule has 0 atom stereocenters. The minimum absolute atomic E-state index is 0.555. The lowest BCUT2D eigenvalue weighted by Crippen LogP contribution is -2.39. The van der Waals surface area contributed by atoms with Gasteiger partial charge in [-0.2, -0.15) is 0 Å². The summed E-state index contributed by atoms with van der Waals surface area (Å²) in [5, 5.41) is 15.0. The molecule has 1 saturated heterocycles. The molecule has 0 unspecified atom stereocenters. The number of hydrogen-bond acceptors (Lipinski definition) is 4. The van der Waals surface area contributed by atoms with Crippen LogP contribution in [0, 0.1) is 5.92 Å². The van der Waals surface area contributed by atoms with Gasteiger partial charge in [0.25, 0.3) is 0 Å². The Morgan fingerprint density at radius 2 is 2.38 bits per heavy atom. The van der Waals surface area contributed by atoms with Crippen LogP contribution >= 0.6 is 11.3 Å². The average Bonchev–Trinajstić information content (AvgIpc) is 2.80. The maximum atomic E-state index is 10.7. The summed E-state index contributed by atoms with van der Waals surface area (Å²) in [5.74, 6) is 0.555. The van der Waals surface area contributed by atoms with Crippen molar-refractivity contribution in [1.82, 2.24) is 9.88 Å². The number of thiazole rings is 1. The molecule has 2 N–H and O–H groups in total. The summed E-state index contributed by atoms with van der Waals surface area (Å²) in [6.45, 7) is 2.19. The number of anilines is 1. The fourth-order valence-electron chi connectivity index (χ4n) is 1.87. The van der Waals surface area contributed by atoms with Gasteiger partial charge in [-0.05, 0) is 18.8 Å². The molecule has 16 heavy (non-hydrogen) atoms. The van der Waals surface area contributed by atoms with Crippen LogP contribution in [0.3, 0.4) is 0 Å². The lowest BCUT2D eigenvalue weighted by atomic mass is 9.97. The van der Waals surface area contributed by atoms with E-state index in [0.29, 0.717) is 19.0 Å². The molecule has 1 fully saturated rings. The number of nitrogens with one attached hydrogen (secondary N) is 1. The van der Waals surface area contributed by atoms with Gasteiger partial charge in [-0.3, -0.25) is 0 Å². The maximum absolute atomic E-state index is 10.7. The highest BCUT2D eigenvalue weighted by Crippen LogP contribution is 2.19. The van der Waals surface area contributed by atoms with Crippen LogP contribution in [-0.4, -0.2) is 40.7 Å². The lowest BCUT2D eigenvalue weighted by molar-refractivity contribution is 0.126. The highest BCUT2D eigenvalue weighted by atomic mass is 32.1. The molecule has 1 aromatic heterocycles. The zero-order chi connectivity index (χ0) is 11.4. The smallest absolute Gasteiger partial charge is 0.407 e. The first kappa shape index (κ1) is 11.2. The quantitative estimate of drug-likeness (QED) is 0.848. The van der Waals surface area contributed by atoms with Crippen molar-refractivity contribution in [2.24, 2.45) is 5.92 Å². The van der Waals surface area contributed by atoms with Gasteiger partial charge in [0.2, 0.25) is 0 Å². The topological polar surface area (TPSA) is 65.5 Å². The van der Waals surface area contributed by atoms with Gasteiger partial charge in [0.05, 0.1) is 0 Å². The molecule has 0 spiro atoms. The van der Waals surface area contributed by atoms with Crippen molar-refractivity contribution in [1.29, 1.82) is 0 Å². The summed E-state index contributed by atoms with van der Waals surface area (Å²) in [6, 6.07) is 0. The molecule has 0 bridgehead atoms. The summed E-state index contributed by atoms with van der Waals surface area (Å²) in [7, 11) is 0. The molecule has 5 nitrogen and oxygen atoms in total. The molecule has 0 radical (unpaired) electrons. The molecule has 2 rings (SSSR count). The number of likely N-dealkylation sites (tertiary alicyclic amines) is 1. The van der Waals surface area contributed by atoms with Crippen LogP contribution in [0.2, 0.25) is 0 Å². The van der Waals surface area contributed by atoms with Gasteiger partial charge >= 0.3 is 6.09 Å². The summed E-state index contributed by atoms with van der Waals surface area (Å²) in [5.41, 5.74) is 0. The van der Waals surface area contributed by atoms with Gasteiger partial charge in [0.15, 0.2) is 5.13 Å². The third kappa shape index (κ3) is 2.85. The van der Waals surface area contributed by atoms with Crippen LogP contribution < -0.4 is 5.32 Å². The minimum Gasteiger partial charge on any atom is -0.465 e. The van der Waals surface area contributed by atoms with Gasteiger partial charge in [-0.15, -0.1) is 11.3 Å². The van der Waals surface area contributed by atoms with E-state index in [2.05, 4.69) is 10.3 Å². The van der Waals surface area contributed by atoms with Crippen molar-refractivity contribution in [2.75, 3.05) is 25.0 Å². The van der Waals surface area contributed by atoms with Crippen molar-refractivity contribution in [3.63, 3.8) is 0 Å². The molecule has 0 saturated carbocycles. The van der Waals surface area contributed by atoms with E-state index in [-0.39, 0.29) is 0 Å². The van der Waals surface area contributed by atoms with Crippen molar-refractivity contribution in [3.05, 3.63) is 11.6 Å². The van der Waals surface area contributed by atoms with Crippen molar-refractivity contribution in [3.8, 4) is 0 Å². The zero-order valence-electron chi connectivity index (χ0n) is 8.93. The van der Waals surface area contributed by atoms with E-state index in [4.69, 9.17) is 5.11 Å². The molecule has 2 heterocycles. The number of carbonyl (C=O) groups is 1. The molecule has 1 aliphatic heterocycles. The number of carboxylic acid groups (broad SMARTS) is 1. The third-order valence-electron chi connectivity index (χ3n) is 2.86. The number of aromatic nitrogens is 1. The maximum Gasteiger partial charge on any atom is 0.407 e. The molecular weight excluding hydrogens is 226 g/mol. The molecule has 1 amide bonds. The predicted molar refractivity (Wildman–Crippen MR) is 62.9 cm³/mol. The second-order valence-electron chi connectivity index (χ2n) is 3.93. The van der Waals surface area contributed by atoms with Gasteiger partial charge in [-0.25, -0.2) is 9.78 Å². The summed E-state index contributed by atoms with van der Waals surface area (Å²) in [4.78, 5) is 16.3. The number of piperidine rings is 1. The monoisotopic (exact) mass is 241 g/mol. The molecular formula is C10H15N3O2S. The van der Waals surface area contributed by atoms with E-state index in [9.17, 15) is 4.79 Å². The Kier molecular flexibility index (Phi) is 3.61. The SMILES string of the molecule is O=C(O)N1CCC(CNc2nccs2)CC1. The van der Waals surface area contributed by atoms with Crippen LogP contribution in [-0.2, 0) is 0 Å². The van der Waals surface area contributed by atoms with E-state index in [1.54, 1.807) is 17.5 Å². The summed E-state index contributed by atoms with van der Waals surface area (Å²) in [6.07, 6.45) is 2.85. The Bertz CT molecular complexity index is 334. The van der Waals surface area contributed by atoms with Crippen molar-refractivity contribution in [2.45, 2.75) is 12.8 Å². The van der Waals surface area contributed by atoms with Gasteiger partial charge in [-0.1, -0.05) is 0 Å². The van der Waals surface area contributed by atoms with E-state index in [1.807, 2.05) is 5.38 Å². The molecule has 6 heteroatoms. The van der Waals surface area contributed by atoms with Gasteiger partial charge < -0.3 is 15.3 Å². The lowest BCUT2D eigenvalue weighted by Gasteiger charge is -2.29. The first-order valence-electron chi connectivity index (χ1n) is 5.37. The van der Waals surface area contributed by atoms with E-state index in [1.165, 1.54) is 4.90 Å². The fourth-order valence-corrected chi connectivity index (χ4v) is 2.41. The Morgan fingerprint density at radius 1 is 1.62 bits per heavy atom. The van der Waals surface area contributed by atoms with E-state index in [0.717, 1.165) is 24.5 Å². The normalized spacial score (nSPS) is 17.4. The van der Waals surface area contributed by atoms with Gasteiger partial charge in [0.1, 0.15) is 0 Å². The minimum atomic E-state index is -0.800. The highest BCUT2D eigenvalue weighted by Gasteiger charge is 2.21. The van der Waals surface area contributed by atoms with Crippen molar-refractivity contribution < 1.29 is 9.90 Å². The third-order valence-corrected chi connectivity index (χ3v) is 3.59. The standard InChI is InChI=1S/C10H15N3O2S/c14-10(15)13-4-1-8(2-5-13)7-12-9-11-3-6-16-9/h3,6,8H,1-2,4-5,7H2,(H,11,12)(H,14,15). The number of rotatable bonds is 3. The Balaban J connectivity index is 1.71. The Hall–Kier alpha value is -1.30. The first-order valence-corrected chi connectivity index (χ1v) is 6.25. The first-order chi connectivity index (χ1) is 7.75. The van der Waals surface area contributed by atoms with Crippen LogP contribution in [0.25, 0.3) is 0 Å². The Morgan fingerprint density at radius 3 is 2.94 bits per heavy atom. The van der Waals surface area contributed by atoms with E-state index < -0.39 is 6.09 Å². The van der Waals surface area contributed by atoms with Gasteiger partial charge in [0, 0.05) is 31.2 Å². The number of nitrogens with zero attached hydrogens (tertiary/aromatic N) is 2. The molecule has 0 aliphatic carbocycles. The summed E-state index contributed by atoms with van der Waals surface area (Å²) >= 11 is 1.59. The van der Waals surface area contributed by atoms with Crippen LogP contribution in [0.15, 0.2) is 11.6 Å². The molecule has 88 valence electrons. The van der Waals surface area contributed by atoms with Crippen LogP contribution in [0.4, 0.5) is 9.93 Å². The van der Waals surface area contributed by atoms with Crippen LogP contribution in [0.5, 0.6) is 0 Å². The molecule has 0 aromatic carbocycles. The number of amides is 1. The predicted octanol–water partition coefficient (Wildman–Crippen LogP) is 1.95. The number of hydrogen-bond donors (Lipinski definition) is 2. The fraction of sp³-hybridized carbons (Fsp3) is 0.600. The summed E-state index contributed by atoms with van der Waals surface area (Å²) < 4.78 is 0. The highest BCUT2D eigenvalue weighted by molar-refractivity contribution is 7.13. The second-order valence-corrected chi connectivity index (χ2v) is 4.83. The van der Waals surface area contributed by atoms with E-state index >= 15 is 0 Å². The van der Waals surface area contributed by atoms with Crippen LogP contribution in [0.1, 0.15) is 12.8 Å². The van der Waals surface area contributed by atoms with Crippen molar-refractivity contribution >= 4 is 22.6 Å². The zero-order valence-corrected chi connectivity index (χ0v) is 9.74. The second kappa shape index (κ2) is 5.16. The molecule has 1 aliphatic rings. The molecule has 1 aromatic rings. The Labute approximate surface area is 98.1 Å². The largest absolute Gasteiger partial charge is 0.465 e. The average molecular weight is 241 g/mol.